The van der Waals surface area contributed by atoms with Crippen molar-refractivity contribution in [1.29, 1.82) is 0 Å². The number of carbonyl (C=O) groups excluding carboxylic acids is 6. The van der Waals surface area contributed by atoms with Crippen LogP contribution in [0.4, 0.5) is 9.59 Å². The van der Waals surface area contributed by atoms with E-state index < -0.39 is 69.7 Å². The molecule has 0 aromatic heterocycles. The third-order valence-electron chi connectivity index (χ3n) is 12.5. The fourth-order valence-corrected chi connectivity index (χ4v) is 11.1. The maximum atomic E-state index is 14.2. The highest BCUT2D eigenvalue weighted by atomic mass is 33.1. The molecule has 12 atom stereocenters. The second-order valence-electron chi connectivity index (χ2n) is 17.4. The largest absolute Gasteiger partial charge is 0.468 e. The number of fused-ring (bicyclic) bond motifs is 2. The monoisotopic (exact) mass is 826 g/mol. The van der Waals surface area contributed by atoms with Gasteiger partial charge in [-0.2, -0.15) is 0 Å². The Balaban J connectivity index is 1.44. The number of ketones is 2. The smallest absolute Gasteiger partial charge is 0.379 e. The van der Waals surface area contributed by atoms with Gasteiger partial charge in [0, 0.05) is 45.8 Å². The molecule has 318 valence electrons. The van der Waals surface area contributed by atoms with Crippen LogP contribution in [0, 0.1) is 23.7 Å². The Labute approximate surface area is 340 Å². The first-order chi connectivity index (χ1) is 26.3. The minimum atomic E-state index is -1.28. The molecule has 2 aliphatic carbocycles. The molecule has 4 fully saturated rings. The molecule has 2 saturated carbocycles. The summed E-state index contributed by atoms with van der Waals surface area (Å²) in [5.41, 5.74) is -2.57. The van der Waals surface area contributed by atoms with E-state index >= 15 is 0 Å². The van der Waals surface area contributed by atoms with Crippen LogP contribution in [-0.4, -0.2) is 108 Å². The van der Waals surface area contributed by atoms with Crippen molar-refractivity contribution in [3.63, 3.8) is 0 Å². The van der Waals surface area contributed by atoms with Crippen LogP contribution in [0.5, 0.6) is 0 Å². The van der Waals surface area contributed by atoms with Gasteiger partial charge < -0.3 is 29.6 Å². The van der Waals surface area contributed by atoms with Gasteiger partial charge in [-0.15, -0.1) is 0 Å². The van der Waals surface area contributed by atoms with E-state index in [1.807, 2.05) is 0 Å². The summed E-state index contributed by atoms with van der Waals surface area (Å²) in [6.45, 7) is 13.5. The van der Waals surface area contributed by atoms with Gasteiger partial charge >= 0.3 is 22.5 Å². The average Bonchev–Trinajstić information content (AvgIpc) is 3.76. The minimum absolute atomic E-state index is 0.200. The Morgan fingerprint density at radius 2 is 0.911 bits per heavy atom. The highest BCUT2D eigenvalue weighted by Crippen LogP contribution is 2.43. The van der Waals surface area contributed by atoms with Crippen molar-refractivity contribution in [2.75, 3.05) is 14.2 Å². The zero-order valence-electron chi connectivity index (χ0n) is 34.9. The summed E-state index contributed by atoms with van der Waals surface area (Å²) in [6, 6.07) is -2.88. The molecule has 0 amide bonds. The lowest BCUT2D eigenvalue weighted by atomic mass is 9.76. The van der Waals surface area contributed by atoms with Gasteiger partial charge in [0.15, 0.2) is 11.6 Å². The molecular weight excluding hydrogens is 761 g/mol. The molecule has 4 aliphatic rings. The van der Waals surface area contributed by atoms with Crippen molar-refractivity contribution >= 4 is 55.7 Å². The molecule has 2 heterocycles. The van der Waals surface area contributed by atoms with Crippen LogP contribution in [-0.2, 0) is 38.1 Å². The van der Waals surface area contributed by atoms with Crippen molar-refractivity contribution in [3.8, 4) is 0 Å². The van der Waals surface area contributed by atoms with E-state index in [4.69, 9.17) is 18.9 Å². The molecule has 4 rings (SSSR count). The molecule has 2 aliphatic heterocycles. The highest BCUT2D eigenvalue weighted by Gasteiger charge is 2.52. The van der Waals surface area contributed by atoms with E-state index in [0.29, 0.717) is 33.4 Å². The van der Waals surface area contributed by atoms with Crippen LogP contribution in [0.25, 0.3) is 0 Å². The second-order valence-corrected chi connectivity index (χ2v) is 19.4. The molecule has 16 heteroatoms. The number of methoxy groups -OCH3 is 2. The number of hydrogen-bond donors (Lipinski definition) is 4. The van der Waals surface area contributed by atoms with E-state index in [-0.39, 0.29) is 35.7 Å². The Kier molecular flexibility index (Phi) is 16.7. The first-order valence-electron chi connectivity index (χ1n) is 20.4. The van der Waals surface area contributed by atoms with E-state index in [2.05, 4.69) is 21.3 Å². The maximum absolute atomic E-state index is 14.2. The summed E-state index contributed by atoms with van der Waals surface area (Å²) in [5.74, 6) is -2.06. The SMILES string of the molecule is COC(=O)[C@H](C)N[C@@H](C)C(=O)C([C@@H]1C[C@H]2CCCCC2N1)C(C)(C)OC(=O)SSC(=O)OC(C)(C)C(C(=O)[C@H](C)N[C@@H](C)C(=O)OC)[C@@H]1C[C@H]2CCCCC2N1. The van der Waals surface area contributed by atoms with Crippen molar-refractivity contribution in [1.82, 2.24) is 21.3 Å². The van der Waals surface area contributed by atoms with Crippen LogP contribution in [0.1, 0.15) is 120 Å². The molecule has 4 unspecified atom stereocenters. The van der Waals surface area contributed by atoms with E-state index in [1.165, 1.54) is 14.2 Å². The predicted molar refractivity (Wildman–Crippen MR) is 216 cm³/mol. The van der Waals surface area contributed by atoms with Gasteiger partial charge in [0.1, 0.15) is 23.3 Å². The summed E-state index contributed by atoms with van der Waals surface area (Å²) in [5, 5.41) is 11.9. The van der Waals surface area contributed by atoms with Crippen LogP contribution in [0.2, 0.25) is 0 Å². The van der Waals surface area contributed by atoms with Gasteiger partial charge in [0.25, 0.3) is 0 Å². The quantitative estimate of drug-likeness (QED) is 0.0869. The van der Waals surface area contributed by atoms with Crippen LogP contribution in [0.3, 0.4) is 0 Å². The van der Waals surface area contributed by atoms with E-state index in [1.54, 1.807) is 55.4 Å². The Morgan fingerprint density at radius 3 is 1.23 bits per heavy atom. The lowest BCUT2D eigenvalue weighted by Crippen LogP contribution is -2.57. The lowest BCUT2D eigenvalue weighted by Gasteiger charge is -2.39. The first kappa shape index (κ1) is 46.4. The summed E-state index contributed by atoms with van der Waals surface area (Å²) >= 11 is 0. The Morgan fingerprint density at radius 1 is 0.571 bits per heavy atom. The molecule has 2 saturated heterocycles. The lowest BCUT2D eigenvalue weighted by molar-refractivity contribution is -0.144. The van der Waals surface area contributed by atoms with Crippen LogP contribution in [0.15, 0.2) is 0 Å². The van der Waals surface area contributed by atoms with Gasteiger partial charge in [0.05, 0.1) is 38.1 Å². The number of esters is 2. The standard InChI is InChI=1S/C40H66N4O10S2/c1-21(41-23(3)35(47)51-9)33(45)31(29-19-25-15-11-13-17-27(25)43-29)39(5,6)53-37(49)55-56-38(50)54-40(7,8)32(30-20-26-16-12-14-18-28(26)44-30)34(46)22(2)42-24(4)36(48)52-10/h21-32,41-44H,11-20H2,1-10H3/t21-,22-,23-,24-,25+,26+,27?,28?,29-,30-,31?,32?/m0/s1. The molecule has 4 N–H and O–H groups in total. The third kappa shape index (κ3) is 11.7. The molecule has 0 bridgehead atoms. The first-order valence-corrected chi connectivity index (χ1v) is 22.5. The molecule has 0 aromatic carbocycles. The molecule has 0 aromatic rings. The van der Waals surface area contributed by atoms with Crippen molar-refractivity contribution in [3.05, 3.63) is 0 Å². The van der Waals surface area contributed by atoms with Gasteiger partial charge in [-0.1, -0.05) is 25.7 Å². The minimum Gasteiger partial charge on any atom is -0.468 e. The maximum Gasteiger partial charge on any atom is 0.379 e. The number of rotatable bonds is 16. The van der Waals surface area contributed by atoms with Gasteiger partial charge in [-0.05, 0) is 106 Å². The highest BCUT2D eigenvalue weighted by molar-refractivity contribution is 8.86. The summed E-state index contributed by atoms with van der Waals surface area (Å²) in [4.78, 5) is 79.6. The van der Waals surface area contributed by atoms with Crippen molar-refractivity contribution < 1.29 is 47.7 Å². The zero-order valence-corrected chi connectivity index (χ0v) is 36.5. The topological polar surface area (TPSA) is 187 Å². The zero-order chi connectivity index (χ0) is 41.5. The summed E-state index contributed by atoms with van der Waals surface area (Å²) < 4.78 is 21.7. The van der Waals surface area contributed by atoms with Gasteiger partial charge in [-0.25, -0.2) is 9.59 Å². The second kappa shape index (κ2) is 20.1. The molecule has 14 nitrogen and oxygen atoms in total. The Bertz CT molecular complexity index is 1300. The van der Waals surface area contributed by atoms with Crippen molar-refractivity contribution in [2.45, 2.75) is 179 Å². The number of Topliss-reactive ketones (excluding diaryl/α,β-unsaturated/α-hetero) is 2. The van der Waals surface area contributed by atoms with Gasteiger partial charge in [0.2, 0.25) is 0 Å². The molecular formula is C40H66N4O10S2. The average molecular weight is 827 g/mol. The van der Waals surface area contributed by atoms with Crippen LogP contribution >= 0.6 is 21.6 Å². The van der Waals surface area contributed by atoms with Crippen molar-refractivity contribution in [2.24, 2.45) is 23.7 Å². The Hall–Kier alpha value is -2.24. The summed E-state index contributed by atoms with van der Waals surface area (Å²) in [7, 11) is 3.72. The summed E-state index contributed by atoms with van der Waals surface area (Å²) in [6.07, 6.45) is 10.2. The predicted octanol–water partition coefficient (Wildman–Crippen LogP) is 5.49. The van der Waals surface area contributed by atoms with Crippen LogP contribution < -0.4 is 21.3 Å². The fraction of sp³-hybridized carbons (Fsp3) is 0.850. The number of carbonyl (C=O) groups is 6. The fourth-order valence-electron chi connectivity index (χ4n) is 9.87. The number of ether oxygens (including phenoxy) is 4. The molecule has 56 heavy (non-hydrogen) atoms. The number of nitrogens with one attached hydrogen (secondary N) is 4. The van der Waals surface area contributed by atoms with Gasteiger partial charge in [-0.3, -0.25) is 29.8 Å². The molecule has 0 radical (unpaired) electrons. The van der Waals surface area contributed by atoms with E-state index in [0.717, 1.165) is 64.2 Å². The number of hydrogen-bond acceptors (Lipinski definition) is 16. The normalized spacial score (nSPS) is 28.3. The van der Waals surface area contributed by atoms with E-state index in [9.17, 15) is 28.8 Å². The third-order valence-corrected chi connectivity index (χ3v) is 14.1. The molecule has 0 spiro atoms.